The number of benzene rings is 5. The Morgan fingerprint density at radius 2 is 0.844 bits per heavy atom. The van der Waals surface area contributed by atoms with Gasteiger partial charge in [-0.1, -0.05) is 114 Å². The number of aromatic amines is 1. The van der Waals surface area contributed by atoms with Gasteiger partial charge in [-0.25, -0.2) is 15.0 Å². The van der Waals surface area contributed by atoms with Gasteiger partial charge in [-0.15, -0.1) is 0 Å². The number of H-pyrrole nitrogens is 1. The summed E-state index contributed by atoms with van der Waals surface area (Å²) < 4.78 is 26.5. The van der Waals surface area contributed by atoms with Crippen molar-refractivity contribution in [2.24, 2.45) is 18.9 Å². The van der Waals surface area contributed by atoms with Crippen LogP contribution in [0.4, 0.5) is 0 Å². The molecule has 0 amide bonds. The summed E-state index contributed by atoms with van der Waals surface area (Å²) in [4.78, 5) is 51.0. The van der Waals surface area contributed by atoms with Crippen LogP contribution >= 0.6 is 46.4 Å². The first kappa shape index (κ1) is 82.2. The number of nitriles is 4. The number of hydrogen-bond donors (Lipinski definition) is 1. The summed E-state index contributed by atoms with van der Waals surface area (Å²) >= 11 is 24.3. The van der Waals surface area contributed by atoms with Crippen molar-refractivity contribution in [3.05, 3.63) is 216 Å². The van der Waals surface area contributed by atoms with E-state index in [4.69, 9.17) is 91.4 Å². The molecule has 0 radical (unpaired) electrons. The van der Waals surface area contributed by atoms with E-state index in [2.05, 4.69) is 122 Å². The Bertz CT molecular complexity index is 4580. The summed E-state index contributed by atoms with van der Waals surface area (Å²) in [7, 11) is 2.12. The predicted octanol–water partition coefficient (Wildman–Crippen LogP) is 22.8. The molecular formula is C88H97Cl4N11O6. The maximum Gasteiger partial charge on any atom is 0.183 e. The zero-order valence-corrected chi connectivity index (χ0v) is 66.7. The number of Topliss-reactive ketones (excluding diaryl/α,β-unsaturated/α-hetero) is 2. The van der Waals surface area contributed by atoms with Crippen LogP contribution in [0.5, 0.6) is 23.0 Å². The number of rotatable bonds is 20. The van der Waals surface area contributed by atoms with Gasteiger partial charge in [0.2, 0.25) is 0 Å². The molecule has 0 bridgehead atoms. The van der Waals surface area contributed by atoms with Crippen LogP contribution in [0.25, 0.3) is 11.0 Å². The highest BCUT2D eigenvalue weighted by Crippen LogP contribution is 2.39. The van der Waals surface area contributed by atoms with Crippen LogP contribution < -0.4 is 18.9 Å². The zero-order valence-electron chi connectivity index (χ0n) is 63.7. The lowest BCUT2D eigenvalue weighted by Gasteiger charge is -2.29. The number of aromatic nitrogens is 7. The molecule has 0 saturated heterocycles. The first-order valence-corrected chi connectivity index (χ1v) is 39.8. The number of nitrogens with zero attached hydrogens (tertiary/aromatic N) is 10. The summed E-state index contributed by atoms with van der Waals surface area (Å²) in [6.45, 7) is 17.2. The second kappa shape index (κ2) is 39.3. The van der Waals surface area contributed by atoms with Crippen LogP contribution in [0.2, 0.25) is 20.1 Å². The van der Waals surface area contributed by atoms with Gasteiger partial charge in [-0.05, 0) is 216 Å². The van der Waals surface area contributed by atoms with Crippen molar-refractivity contribution in [3.8, 4) is 47.3 Å². The summed E-state index contributed by atoms with van der Waals surface area (Å²) in [6, 6.07) is 39.4. The number of hydrogen-bond acceptors (Lipinski definition) is 15. The smallest absolute Gasteiger partial charge is 0.183 e. The van der Waals surface area contributed by atoms with E-state index in [0.29, 0.717) is 125 Å². The monoisotopic (exact) mass is 1540 g/mol. The van der Waals surface area contributed by atoms with Crippen molar-refractivity contribution < 1.29 is 28.5 Å². The summed E-state index contributed by atoms with van der Waals surface area (Å²) in [5, 5.41) is 37.5. The molecule has 4 aliphatic carbocycles. The van der Waals surface area contributed by atoms with Crippen LogP contribution in [0.1, 0.15) is 284 Å². The topological polar surface area (TPSA) is 251 Å². The predicted molar refractivity (Wildman–Crippen MR) is 428 cm³/mol. The Balaban J connectivity index is 0.000000155. The third-order valence-electron chi connectivity index (χ3n) is 21.2. The van der Waals surface area contributed by atoms with Crippen molar-refractivity contribution in [1.82, 2.24) is 34.5 Å². The second-order valence-corrected chi connectivity index (χ2v) is 32.0. The van der Waals surface area contributed by atoms with Crippen LogP contribution in [0, 0.1) is 57.2 Å². The molecule has 4 aliphatic rings. The molecule has 9 aromatic rings. The maximum atomic E-state index is 12.5. The largest absolute Gasteiger partial charge is 0.490 e. The first-order chi connectivity index (χ1) is 52.4. The Morgan fingerprint density at radius 1 is 0.440 bits per heavy atom. The molecule has 17 nitrogen and oxygen atoms in total. The molecule has 568 valence electrons. The Kier molecular flexibility index (Phi) is 29.7. The Morgan fingerprint density at radius 3 is 1.20 bits per heavy atom. The van der Waals surface area contributed by atoms with Gasteiger partial charge in [-0.2, -0.15) is 21.0 Å². The lowest BCUT2D eigenvalue weighted by Crippen LogP contribution is -2.25. The third kappa shape index (κ3) is 22.9. The molecule has 13 rings (SSSR count). The molecule has 0 atom stereocenters. The van der Waals surface area contributed by atoms with E-state index in [9.17, 15) is 9.59 Å². The highest BCUT2D eigenvalue weighted by atomic mass is 35.5. The van der Waals surface area contributed by atoms with Gasteiger partial charge >= 0.3 is 0 Å². The molecule has 0 spiro atoms. The molecule has 4 saturated carbocycles. The number of nitrogens with one attached hydrogen (secondary N) is 1. The van der Waals surface area contributed by atoms with Crippen LogP contribution in [-0.2, 0) is 7.05 Å². The summed E-state index contributed by atoms with van der Waals surface area (Å²) in [5.41, 5.74) is 9.72. The van der Waals surface area contributed by atoms with E-state index in [1.165, 1.54) is 17.1 Å². The lowest BCUT2D eigenvalue weighted by molar-refractivity contribution is 0.0892. The van der Waals surface area contributed by atoms with Crippen LogP contribution in [0.15, 0.2) is 128 Å². The van der Waals surface area contributed by atoms with Crippen molar-refractivity contribution in [2.45, 2.75) is 231 Å². The average Bonchev–Trinajstić information content (AvgIpc) is 1.68. The normalized spacial score (nSPS) is 19.6. The maximum absolute atomic E-state index is 12.5. The number of ketones is 2. The van der Waals surface area contributed by atoms with Crippen molar-refractivity contribution >= 4 is 69.0 Å². The van der Waals surface area contributed by atoms with E-state index in [1.807, 2.05) is 48.8 Å². The minimum atomic E-state index is 0.0612. The molecule has 4 heterocycles. The number of imidazole rings is 2. The van der Waals surface area contributed by atoms with Gasteiger partial charge in [0.05, 0.1) is 89.7 Å². The molecule has 21 heteroatoms. The Labute approximate surface area is 661 Å². The third-order valence-corrected chi connectivity index (χ3v) is 22.5. The molecule has 4 aromatic heterocycles. The zero-order chi connectivity index (χ0) is 77.8. The number of carbonyl (C=O) groups excluding carboxylic acids is 2. The number of fused-ring (bicyclic) bond motifs is 1. The van der Waals surface area contributed by atoms with E-state index < -0.39 is 0 Å². The van der Waals surface area contributed by atoms with Gasteiger partial charge in [0.25, 0.3) is 0 Å². The SMILES string of the molecule is CC(C)c1ccc(C(=O)CC2CCC(Oc3ccc(C#N)c(Cl)c3)CC2)nc1.CC(C)c1ccc2nc(C3CCC(Oc4ccc(C#N)c(Cl)c4)CC3)[nH]c2c1.CC(C)c1cnc(C(=O)CC2CCC(Oc3ccc(C#N)c(Cl)c3)CC2)cn1.CC(C)c1cnc(C2CCC(Oc3ccc(C#N)c(Cl)c3)CC2)n1C. The number of ether oxygens (including phenoxy) is 4. The summed E-state index contributed by atoms with van der Waals surface area (Å²) in [5.74, 6) is 8.73. The Hall–Kier alpha value is -9.33. The summed E-state index contributed by atoms with van der Waals surface area (Å²) in [6.07, 6.45) is 24.4. The minimum Gasteiger partial charge on any atom is -0.490 e. The fourth-order valence-corrected chi connectivity index (χ4v) is 15.4. The second-order valence-electron chi connectivity index (χ2n) is 30.4. The molecular weight excluding hydrogens is 1450 g/mol. The molecule has 5 aromatic carbocycles. The molecule has 0 aliphatic heterocycles. The number of pyridine rings is 1. The van der Waals surface area contributed by atoms with Gasteiger partial charge in [-0.3, -0.25) is 19.6 Å². The first-order valence-electron chi connectivity index (χ1n) is 38.2. The molecule has 4 fully saturated rings. The standard InChI is InChI=1S/C23H24ClN3O.C23H25ClN2O2.C22H24ClN3O2.C20H24ClN3O/c1-14(2)16-6-10-21-22(11-16)27-23(26-21)15-3-7-18(8-4-15)28-19-9-5-17(13-25)20(24)12-19;1-15(2)18-6-10-22(26-14-18)23(27)11-16-3-7-19(8-4-16)28-20-9-5-17(13-25)21(24)12-20;1-14(2)20-12-26-21(13-25-20)22(27)9-15-3-6-17(7-4-15)28-18-8-5-16(11-24)19(23)10-18;1-13(2)19-12-23-20(24(19)3)14-4-7-16(8-5-14)25-17-9-6-15(11-22)18(21)10-17/h5-6,9-12,14-15,18H,3-4,7-8H2,1-2H3,(H,26,27);5-6,9-10,12,14-16,19H,3-4,7-8,11H2,1-2H3;5,8,10,12-15,17H,3-4,6-7,9H2,1-2H3;6,9-10,12-14,16H,4-5,7-8H2,1-3H3. The van der Waals surface area contributed by atoms with Crippen molar-refractivity contribution in [1.29, 1.82) is 21.0 Å². The average molecular weight is 1550 g/mol. The van der Waals surface area contributed by atoms with Crippen LogP contribution in [-0.4, -0.2) is 70.5 Å². The van der Waals surface area contributed by atoms with Gasteiger partial charge in [0.15, 0.2) is 11.6 Å². The van der Waals surface area contributed by atoms with Gasteiger partial charge < -0.3 is 28.5 Å². The van der Waals surface area contributed by atoms with E-state index in [-0.39, 0.29) is 36.0 Å². The van der Waals surface area contributed by atoms with Gasteiger partial charge in [0, 0.05) is 80.3 Å². The van der Waals surface area contributed by atoms with E-state index >= 15 is 0 Å². The molecule has 0 unspecified atom stereocenters. The van der Waals surface area contributed by atoms with Crippen molar-refractivity contribution in [3.63, 3.8) is 0 Å². The highest BCUT2D eigenvalue weighted by molar-refractivity contribution is 6.32. The quantitative estimate of drug-likeness (QED) is 0.0696. The number of carbonyl (C=O) groups is 2. The van der Waals surface area contributed by atoms with E-state index in [0.717, 1.165) is 142 Å². The van der Waals surface area contributed by atoms with Gasteiger partial charge in [0.1, 0.15) is 70.3 Å². The number of halogens is 4. The molecule has 1 N–H and O–H groups in total. The minimum absolute atomic E-state index is 0.0612. The van der Waals surface area contributed by atoms with Crippen molar-refractivity contribution in [2.75, 3.05) is 0 Å². The highest BCUT2D eigenvalue weighted by Gasteiger charge is 2.31. The van der Waals surface area contributed by atoms with E-state index in [1.54, 1.807) is 73.1 Å². The molecule has 109 heavy (non-hydrogen) atoms. The van der Waals surface area contributed by atoms with Crippen LogP contribution in [0.3, 0.4) is 0 Å². The fourth-order valence-electron chi connectivity index (χ4n) is 14.6. The fraction of sp³-hybridized carbons (Fsp3) is 0.443. The lowest BCUT2D eigenvalue weighted by atomic mass is 9.83.